The minimum Gasteiger partial charge on any atom is -0.345 e. The summed E-state index contributed by atoms with van der Waals surface area (Å²) in [6.07, 6.45) is 0. The molecule has 1 heterocycles. The molecule has 142 valence electrons. The van der Waals surface area contributed by atoms with Crippen LogP contribution in [0, 0.1) is 0 Å². The summed E-state index contributed by atoms with van der Waals surface area (Å²) >= 11 is 6.02. The molecule has 2 aromatic carbocycles. The summed E-state index contributed by atoms with van der Waals surface area (Å²) in [6.45, 7) is 5.25. The average Bonchev–Trinajstić information content (AvgIpc) is 2.68. The van der Waals surface area contributed by atoms with E-state index in [0.717, 1.165) is 18.7 Å². The Hall–Kier alpha value is -2.37. The quantitative estimate of drug-likeness (QED) is 0.819. The second-order valence-electron chi connectivity index (χ2n) is 6.93. The number of quaternary nitrogens is 1. The molecule has 1 atom stereocenters. The van der Waals surface area contributed by atoms with Crippen LogP contribution in [0.4, 0.5) is 0 Å². The SMILES string of the molecule is C[C@@H](NC(=O)C[NH+]1CCN(C(=O)c2ccccc2)CC1)c1cccc(Cl)c1. The van der Waals surface area contributed by atoms with E-state index in [1.807, 2.05) is 66.4 Å². The minimum atomic E-state index is -0.0865. The predicted molar refractivity (Wildman–Crippen MR) is 106 cm³/mol. The van der Waals surface area contributed by atoms with Gasteiger partial charge in [0.05, 0.1) is 32.2 Å². The van der Waals surface area contributed by atoms with Crippen LogP contribution in [-0.2, 0) is 4.79 Å². The lowest BCUT2D eigenvalue weighted by Crippen LogP contribution is -3.15. The molecule has 0 bridgehead atoms. The van der Waals surface area contributed by atoms with Gasteiger partial charge in [-0.3, -0.25) is 9.59 Å². The van der Waals surface area contributed by atoms with E-state index in [-0.39, 0.29) is 17.9 Å². The van der Waals surface area contributed by atoms with Crippen LogP contribution >= 0.6 is 11.6 Å². The molecule has 2 aromatic rings. The summed E-state index contributed by atoms with van der Waals surface area (Å²) in [4.78, 5) is 27.9. The highest BCUT2D eigenvalue weighted by atomic mass is 35.5. The molecule has 1 aliphatic rings. The summed E-state index contributed by atoms with van der Waals surface area (Å²) < 4.78 is 0. The van der Waals surface area contributed by atoms with Crippen LogP contribution < -0.4 is 10.2 Å². The molecule has 0 spiro atoms. The number of rotatable bonds is 5. The first-order valence-electron chi connectivity index (χ1n) is 9.25. The van der Waals surface area contributed by atoms with Crippen molar-refractivity contribution in [2.24, 2.45) is 0 Å². The van der Waals surface area contributed by atoms with Crippen molar-refractivity contribution < 1.29 is 14.5 Å². The van der Waals surface area contributed by atoms with Crippen LogP contribution in [0.1, 0.15) is 28.9 Å². The molecule has 1 saturated heterocycles. The molecule has 2 N–H and O–H groups in total. The highest BCUT2D eigenvalue weighted by molar-refractivity contribution is 6.30. The summed E-state index contributed by atoms with van der Waals surface area (Å²) in [7, 11) is 0. The lowest BCUT2D eigenvalue weighted by Gasteiger charge is -2.32. The van der Waals surface area contributed by atoms with E-state index in [4.69, 9.17) is 11.6 Å². The Bertz CT molecular complexity index is 789. The number of piperazine rings is 1. The van der Waals surface area contributed by atoms with Gasteiger partial charge in [0.25, 0.3) is 11.8 Å². The Morgan fingerprint density at radius 1 is 1.11 bits per heavy atom. The van der Waals surface area contributed by atoms with Gasteiger partial charge in [0.1, 0.15) is 0 Å². The number of nitrogens with zero attached hydrogens (tertiary/aromatic N) is 1. The first kappa shape index (κ1) is 19.4. The topological polar surface area (TPSA) is 53.9 Å². The molecule has 1 fully saturated rings. The van der Waals surface area contributed by atoms with Crippen LogP contribution in [0.5, 0.6) is 0 Å². The van der Waals surface area contributed by atoms with Crippen molar-refractivity contribution in [1.82, 2.24) is 10.2 Å². The van der Waals surface area contributed by atoms with Gasteiger partial charge in [-0.25, -0.2) is 0 Å². The maximum absolute atomic E-state index is 12.5. The lowest BCUT2D eigenvalue weighted by atomic mass is 10.1. The summed E-state index contributed by atoms with van der Waals surface area (Å²) in [5.41, 5.74) is 1.71. The smallest absolute Gasteiger partial charge is 0.275 e. The van der Waals surface area contributed by atoms with Crippen molar-refractivity contribution >= 4 is 23.4 Å². The fourth-order valence-electron chi connectivity index (χ4n) is 3.34. The Morgan fingerprint density at radius 3 is 2.48 bits per heavy atom. The Morgan fingerprint density at radius 2 is 1.81 bits per heavy atom. The van der Waals surface area contributed by atoms with Gasteiger partial charge in [-0.2, -0.15) is 0 Å². The predicted octanol–water partition coefficient (Wildman–Crippen LogP) is 1.56. The molecule has 3 rings (SSSR count). The van der Waals surface area contributed by atoms with Gasteiger partial charge in [0.15, 0.2) is 6.54 Å². The van der Waals surface area contributed by atoms with Gasteiger partial charge < -0.3 is 15.1 Å². The van der Waals surface area contributed by atoms with E-state index in [1.165, 1.54) is 4.90 Å². The summed E-state index contributed by atoms with van der Waals surface area (Å²) in [5, 5.41) is 3.70. The molecular weight excluding hydrogens is 362 g/mol. The van der Waals surface area contributed by atoms with Crippen molar-refractivity contribution in [2.45, 2.75) is 13.0 Å². The van der Waals surface area contributed by atoms with Crippen molar-refractivity contribution in [2.75, 3.05) is 32.7 Å². The van der Waals surface area contributed by atoms with E-state index >= 15 is 0 Å². The highest BCUT2D eigenvalue weighted by Gasteiger charge is 2.26. The van der Waals surface area contributed by atoms with E-state index in [1.54, 1.807) is 0 Å². The molecule has 1 aliphatic heterocycles. The summed E-state index contributed by atoms with van der Waals surface area (Å²) in [6, 6.07) is 16.8. The third-order valence-corrected chi connectivity index (χ3v) is 5.15. The first-order chi connectivity index (χ1) is 13.0. The standard InChI is InChI=1S/C21H24ClN3O2/c1-16(18-8-5-9-19(22)14-18)23-20(26)15-24-10-12-25(13-11-24)21(27)17-6-3-2-4-7-17/h2-9,14,16H,10-13,15H2,1H3,(H,23,26)/p+1/t16-/m1/s1. The molecule has 0 aromatic heterocycles. The van der Waals surface area contributed by atoms with Crippen molar-refractivity contribution in [1.29, 1.82) is 0 Å². The van der Waals surface area contributed by atoms with Crippen molar-refractivity contribution in [3.63, 3.8) is 0 Å². The molecule has 2 amide bonds. The number of halogens is 1. The minimum absolute atomic E-state index is 0.0142. The number of hydrogen-bond donors (Lipinski definition) is 2. The number of benzene rings is 2. The first-order valence-corrected chi connectivity index (χ1v) is 9.63. The molecule has 0 unspecified atom stereocenters. The monoisotopic (exact) mass is 386 g/mol. The zero-order valence-corrected chi connectivity index (χ0v) is 16.2. The molecule has 0 saturated carbocycles. The van der Waals surface area contributed by atoms with Crippen LogP contribution in [0.2, 0.25) is 5.02 Å². The molecule has 0 aliphatic carbocycles. The van der Waals surface area contributed by atoms with Crippen LogP contribution in [0.25, 0.3) is 0 Å². The highest BCUT2D eigenvalue weighted by Crippen LogP contribution is 2.17. The summed E-state index contributed by atoms with van der Waals surface area (Å²) in [5.74, 6) is 0.0778. The second kappa shape index (κ2) is 9.02. The Balaban J connectivity index is 1.46. The zero-order chi connectivity index (χ0) is 19.2. The third-order valence-electron chi connectivity index (χ3n) is 4.92. The molecule has 27 heavy (non-hydrogen) atoms. The number of hydrogen-bond acceptors (Lipinski definition) is 2. The molecular formula is C21H25ClN3O2+. The Labute approximate surface area is 164 Å². The molecule has 6 heteroatoms. The van der Waals surface area contributed by atoms with Crippen molar-refractivity contribution in [3.8, 4) is 0 Å². The Kier molecular flexibility index (Phi) is 6.48. The van der Waals surface area contributed by atoms with Crippen LogP contribution in [0.15, 0.2) is 54.6 Å². The van der Waals surface area contributed by atoms with Gasteiger partial charge in [-0.05, 0) is 36.8 Å². The lowest BCUT2D eigenvalue weighted by molar-refractivity contribution is -0.896. The van der Waals surface area contributed by atoms with E-state index in [9.17, 15) is 9.59 Å². The van der Waals surface area contributed by atoms with Gasteiger partial charge in [-0.1, -0.05) is 41.9 Å². The number of amides is 2. The largest absolute Gasteiger partial charge is 0.345 e. The average molecular weight is 387 g/mol. The second-order valence-corrected chi connectivity index (χ2v) is 7.37. The van der Waals surface area contributed by atoms with Gasteiger partial charge in [0.2, 0.25) is 0 Å². The van der Waals surface area contributed by atoms with Crippen LogP contribution in [0.3, 0.4) is 0 Å². The number of carbonyl (C=O) groups excluding carboxylic acids is 2. The van der Waals surface area contributed by atoms with Gasteiger partial charge in [-0.15, -0.1) is 0 Å². The van der Waals surface area contributed by atoms with E-state index in [2.05, 4.69) is 5.32 Å². The normalized spacial score (nSPS) is 16.0. The molecule has 5 nitrogen and oxygen atoms in total. The third kappa shape index (κ3) is 5.31. The molecule has 0 radical (unpaired) electrons. The zero-order valence-electron chi connectivity index (χ0n) is 15.5. The van der Waals surface area contributed by atoms with Gasteiger partial charge in [0, 0.05) is 10.6 Å². The fraction of sp³-hybridized carbons (Fsp3) is 0.333. The van der Waals surface area contributed by atoms with E-state index < -0.39 is 0 Å². The number of carbonyl (C=O) groups is 2. The maximum atomic E-state index is 12.5. The van der Waals surface area contributed by atoms with Crippen molar-refractivity contribution in [3.05, 3.63) is 70.7 Å². The number of nitrogens with one attached hydrogen (secondary N) is 2. The fourth-order valence-corrected chi connectivity index (χ4v) is 3.54. The van der Waals surface area contributed by atoms with Crippen LogP contribution in [-0.4, -0.2) is 49.4 Å². The van der Waals surface area contributed by atoms with E-state index in [0.29, 0.717) is 30.2 Å². The maximum Gasteiger partial charge on any atom is 0.275 e. The van der Waals surface area contributed by atoms with Gasteiger partial charge >= 0.3 is 0 Å².